The van der Waals surface area contributed by atoms with Gasteiger partial charge in [-0.2, -0.15) is 18.6 Å². The number of alkyl halides is 2. The highest BCUT2D eigenvalue weighted by Gasteiger charge is 2.31. The Hall–Kier alpha value is -3.08. The summed E-state index contributed by atoms with van der Waals surface area (Å²) in [7, 11) is 0. The maximum absolute atomic E-state index is 15.0. The number of likely N-dealkylation sites (tertiary alicyclic amines) is 1. The van der Waals surface area contributed by atoms with E-state index in [1.165, 1.54) is 16.8 Å². The summed E-state index contributed by atoms with van der Waals surface area (Å²) in [4.78, 5) is 14.2. The predicted octanol–water partition coefficient (Wildman–Crippen LogP) is 3.55. The van der Waals surface area contributed by atoms with Gasteiger partial charge in [-0.1, -0.05) is 6.92 Å². The Morgan fingerprint density at radius 2 is 2.12 bits per heavy atom. The lowest BCUT2D eigenvalue weighted by atomic mass is 10.0. The monoisotopic (exact) mass is 448 g/mol. The van der Waals surface area contributed by atoms with Crippen molar-refractivity contribution < 1.29 is 22.7 Å². The lowest BCUT2D eigenvalue weighted by Gasteiger charge is -2.39. The van der Waals surface area contributed by atoms with Crippen molar-refractivity contribution in [1.29, 1.82) is 0 Å². The summed E-state index contributed by atoms with van der Waals surface area (Å²) in [6.07, 6.45) is 4.93. The number of anilines is 1. The number of halogens is 3. The predicted molar refractivity (Wildman–Crippen MR) is 110 cm³/mol. The molecule has 1 aliphatic carbocycles. The van der Waals surface area contributed by atoms with Crippen molar-refractivity contribution in [3.05, 3.63) is 30.3 Å². The maximum atomic E-state index is 15.0. The molecule has 0 aromatic carbocycles. The Labute approximate surface area is 181 Å². The molecule has 3 aromatic heterocycles. The van der Waals surface area contributed by atoms with Crippen LogP contribution in [0.4, 0.5) is 19.0 Å². The third-order valence-electron chi connectivity index (χ3n) is 6.05. The van der Waals surface area contributed by atoms with Crippen LogP contribution in [0, 0.1) is 11.7 Å². The van der Waals surface area contributed by atoms with Gasteiger partial charge in [0, 0.05) is 30.1 Å². The summed E-state index contributed by atoms with van der Waals surface area (Å²) in [6.45, 7) is 1.24. The third-order valence-corrected chi connectivity index (χ3v) is 6.05. The number of nitrogens with zero attached hydrogens (tertiary/aromatic N) is 5. The fourth-order valence-corrected chi connectivity index (χ4v) is 3.97. The van der Waals surface area contributed by atoms with Crippen LogP contribution in [0.1, 0.15) is 32.7 Å². The average Bonchev–Trinajstić information content (AvgIpc) is 3.39. The second-order valence-corrected chi connectivity index (χ2v) is 8.16. The summed E-state index contributed by atoms with van der Waals surface area (Å²) in [5, 5.41) is 10.6. The van der Waals surface area contributed by atoms with Crippen LogP contribution in [0.2, 0.25) is 0 Å². The van der Waals surface area contributed by atoms with E-state index < -0.39 is 12.4 Å². The van der Waals surface area contributed by atoms with E-state index in [1.807, 2.05) is 6.92 Å². The molecule has 1 amide bonds. The Morgan fingerprint density at radius 1 is 1.31 bits per heavy atom. The van der Waals surface area contributed by atoms with Gasteiger partial charge in [-0.25, -0.2) is 8.91 Å². The van der Waals surface area contributed by atoms with Crippen molar-refractivity contribution in [2.45, 2.75) is 38.8 Å². The van der Waals surface area contributed by atoms with E-state index in [0.29, 0.717) is 16.8 Å². The van der Waals surface area contributed by atoms with Crippen LogP contribution in [0.15, 0.2) is 24.5 Å². The van der Waals surface area contributed by atoms with Gasteiger partial charge in [-0.15, -0.1) is 5.10 Å². The van der Waals surface area contributed by atoms with Crippen molar-refractivity contribution in [3.8, 4) is 17.0 Å². The molecule has 0 spiro atoms. The minimum atomic E-state index is -2.97. The summed E-state index contributed by atoms with van der Waals surface area (Å²) in [6, 6.07) is 3.17. The number of amides is 1. The molecule has 1 aliphatic heterocycles. The minimum absolute atomic E-state index is 0.00786. The highest BCUT2D eigenvalue weighted by Crippen LogP contribution is 2.36. The van der Waals surface area contributed by atoms with Crippen molar-refractivity contribution in [2.75, 3.05) is 25.0 Å². The topological polar surface area (TPSA) is 76.7 Å². The SMILES string of the molecule is CCN1CC[C@@H]1COc1cnn(C(F)F)c1-c1cc2cc(NC(=O)C3CC3)nn2cc1F. The number of pyridine rings is 1. The van der Waals surface area contributed by atoms with Gasteiger partial charge in [-0.05, 0) is 31.9 Å². The Bertz CT molecular complexity index is 1150. The molecule has 4 heterocycles. The van der Waals surface area contributed by atoms with Crippen LogP contribution in [0.25, 0.3) is 16.8 Å². The number of hydrogen-bond donors (Lipinski definition) is 1. The Balaban J connectivity index is 1.46. The molecule has 11 heteroatoms. The molecular formula is C21H23F3N6O2. The number of nitrogens with one attached hydrogen (secondary N) is 1. The number of carbonyl (C=O) groups is 1. The van der Waals surface area contributed by atoms with Gasteiger partial charge in [0.05, 0.1) is 17.9 Å². The molecule has 1 saturated carbocycles. The molecule has 0 radical (unpaired) electrons. The quantitative estimate of drug-likeness (QED) is 0.570. The number of fused-ring (bicyclic) bond motifs is 1. The van der Waals surface area contributed by atoms with Crippen LogP contribution >= 0.6 is 0 Å². The molecule has 3 aromatic rings. The van der Waals surface area contributed by atoms with E-state index >= 15 is 4.39 Å². The van der Waals surface area contributed by atoms with Gasteiger partial charge in [0.2, 0.25) is 5.91 Å². The second-order valence-electron chi connectivity index (χ2n) is 8.16. The number of likely N-dealkylation sites (N-methyl/N-ethyl adjacent to an activating group) is 1. The van der Waals surface area contributed by atoms with E-state index in [1.54, 1.807) is 6.07 Å². The van der Waals surface area contributed by atoms with E-state index in [4.69, 9.17) is 4.74 Å². The van der Waals surface area contributed by atoms with Crippen LogP contribution in [0.5, 0.6) is 5.75 Å². The summed E-state index contributed by atoms with van der Waals surface area (Å²) < 4.78 is 49.8. The third kappa shape index (κ3) is 3.81. The highest BCUT2D eigenvalue weighted by atomic mass is 19.3. The molecule has 1 atom stereocenters. The summed E-state index contributed by atoms with van der Waals surface area (Å²) in [5.74, 6) is -0.517. The van der Waals surface area contributed by atoms with E-state index in [9.17, 15) is 13.6 Å². The molecule has 1 saturated heterocycles. The van der Waals surface area contributed by atoms with Crippen LogP contribution in [0.3, 0.4) is 0 Å². The van der Waals surface area contributed by atoms with Crippen LogP contribution < -0.4 is 10.1 Å². The fourth-order valence-electron chi connectivity index (χ4n) is 3.97. The lowest BCUT2D eigenvalue weighted by Crippen LogP contribution is -2.50. The number of carbonyl (C=O) groups excluding carboxylic acids is 1. The summed E-state index contributed by atoms with van der Waals surface area (Å²) in [5.41, 5.74) is 0.231. The van der Waals surface area contributed by atoms with Gasteiger partial charge in [0.15, 0.2) is 17.4 Å². The molecular weight excluding hydrogens is 425 g/mol. The number of ether oxygens (including phenoxy) is 1. The molecule has 170 valence electrons. The molecule has 2 aliphatic rings. The Kier molecular flexibility index (Phi) is 5.28. The zero-order valence-corrected chi connectivity index (χ0v) is 17.5. The maximum Gasteiger partial charge on any atom is 0.333 e. The van der Waals surface area contributed by atoms with Crippen molar-refractivity contribution in [3.63, 3.8) is 0 Å². The summed E-state index contributed by atoms with van der Waals surface area (Å²) >= 11 is 0. The first-order valence-electron chi connectivity index (χ1n) is 10.7. The molecule has 0 bridgehead atoms. The molecule has 8 nitrogen and oxygen atoms in total. The van der Waals surface area contributed by atoms with Gasteiger partial charge < -0.3 is 10.1 Å². The molecule has 0 unspecified atom stereocenters. The number of aromatic nitrogens is 4. The standard InChI is InChI=1S/C21H23F3N6O2/c1-2-28-6-5-13(28)11-32-17-9-25-30(21(23)24)19(17)15-7-14-8-18(26-20(31)12-3-4-12)27-29(14)10-16(15)22/h7-10,12-13,21H,2-6,11H2,1H3,(H,26,27,31)/t13-/m1/s1. The first kappa shape index (κ1) is 20.8. The van der Waals surface area contributed by atoms with Gasteiger partial charge in [-0.3, -0.25) is 9.69 Å². The lowest BCUT2D eigenvalue weighted by molar-refractivity contribution is -0.117. The minimum Gasteiger partial charge on any atom is -0.488 e. The molecule has 5 rings (SSSR count). The highest BCUT2D eigenvalue weighted by molar-refractivity contribution is 5.93. The normalized spacial score (nSPS) is 18.8. The Morgan fingerprint density at radius 3 is 2.78 bits per heavy atom. The average molecular weight is 448 g/mol. The number of hydrogen-bond acceptors (Lipinski definition) is 5. The van der Waals surface area contributed by atoms with Crippen molar-refractivity contribution in [2.24, 2.45) is 5.92 Å². The fraction of sp³-hybridized carbons (Fsp3) is 0.476. The van der Waals surface area contributed by atoms with E-state index in [0.717, 1.165) is 38.5 Å². The van der Waals surface area contributed by atoms with Crippen LogP contribution in [-0.4, -0.2) is 55.9 Å². The van der Waals surface area contributed by atoms with Crippen molar-refractivity contribution >= 4 is 17.2 Å². The van der Waals surface area contributed by atoms with Gasteiger partial charge >= 0.3 is 6.55 Å². The van der Waals surface area contributed by atoms with Gasteiger partial charge in [0.25, 0.3) is 0 Å². The number of rotatable bonds is 8. The van der Waals surface area contributed by atoms with Crippen molar-refractivity contribution in [1.82, 2.24) is 24.3 Å². The van der Waals surface area contributed by atoms with E-state index in [-0.39, 0.29) is 40.7 Å². The first-order valence-corrected chi connectivity index (χ1v) is 10.7. The zero-order chi connectivity index (χ0) is 22.4. The zero-order valence-electron chi connectivity index (χ0n) is 17.5. The van der Waals surface area contributed by atoms with E-state index in [2.05, 4.69) is 20.4 Å². The second kappa shape index (κ2) is 8.12. The first-order chi connectivity index (χ1) is 15.4. The molecule has 1 N–H and O–H groups in total. The largest absolute Gasteiger partial charge is 0.488 e. The molecule has 2 fully saturated rings. The van der Waals surface area contributed by atoms with Gasteiger partial charge in [0.1, 0.15) is 12.3 Å². The molecule has 32 heavy (non-hydrogen) atoms. The smallest absolute Gasteiger partial charge is 0.333 e. The van der Waals surface area contributed by atoms with Crippen LogP contribution in [-0.2, 0) is 4.79 Å².